The number of aryl methyl sites for hydroxylation is 1. The molecular weight excluding hydrogens is 322 g/mol. The van der Waals surface area contributed by atoms with E-state index in [9.17, 15) is 13.8 Å². The molecule has 23 heavy (non-hydrogen) atoms. The number of hydrogen-bond acceptors (Lipinski definition) is 6. The number of rotatable bonds is 5. The molecule has 0 amide bonds. The molecule has 0 atom stereocenters. The summed E-state index contributed by atoms with van der Waals surface area (Å²) in [6.07, 6.45) is 0. The Morgan fingerprint density at radius 1 is 1.39 bits per heavy atom. The van der Waals surface area contributed by atoms with Crippen LogP contribution in [-0.2, 0) is 24.4 Å². The molecule has 0 radical (unpaired) electrons. The average molecular weight is 341 g/mol. The lowest BCUT2D eigenvalue weighted by molar-refractivity contribution is 0.310. The molecule has 2 aromatic heterocycles. The lowest BCUT2D eigenvalue weighted by Gasteiger charge is -2.28. The van der Waals surface area contributed by atoms with Crippen LogP contribution in [-0.4, -0.2) is 52.7 Å². The zero-order chi connectivity index (χ0) is 16.7. The molecule has 0 saturated carbocycles. The minimum Gasteiger partial charge on any atom is -0.395 e. The molecule has 0 spiro atoms. The number of nitrogens with zero attached hydrogens (tertiary/aromatic N) is 4. The van der Waals surface area contributed by atoms with Crippen molar-refractivity contribution in [2.24, 2.45) is 7.05 Å². The third kappa shape index (κ3) is 2.41. The summed E-state index contributed by atoms with van der Waals surface area (Å²) in [4.78, 5) is 29.3. The van der Waals surface area contributed by atoms with Crippen LogP contribution in [0.2, 0.25) is 0 Å². The van der Waals surface area contributed by atoms with Crippen LogP contribution in [0.15, 0.2) is 9.59 Å². The zero-order valence-corrected chi connectivity index (χ0v) is 13.8. The van der Waals surface area contributed by atoms with Crippen LogP contribution in [0.3, 0.4) is 0 Å². The Bertz CT molecular complexity index is 888. The molecule has 0 unspecified atom stereocenters. The predicted molar refractivity (Wildman–Crippen MR) is 87.4 cm³/mol. The number of aromatic nitrogens is 4. The molecule has 3 heterocycles. The lowest BCUT2D eigenvalue weighted by Crippen LogP contribution is -2.41. The second kappa shape index (κ2) is 5.93. The van der Waals surface area contributed by atoms with Crippen LogP contribution in [0, 0.1) is 0 Å². The number of imidazole rings is 1. The van der Waals surface area contributed by atoms with Crippen molar-refractivity contribution >= 4 is 27.9 Å². The van der Waals surface area contributed by atoms with E-state index in [4.69, 9.17) is 5.11 Å². The molecule has 3 rings (SSSR count). The Labute approximate surface area is 134 Å². The molecule has 0 aliphatic carbocycles. The summed E-state index contributed by atoms with van der Waals surface area (Å²) in [5.41, 5.74) is -0.188. The van der Waals surface area contributed by atoms with E-state index in [0.717, 1.165) is 4.57 Å². The van der Waals surface area contributed by atoms with Crippen molar-refractivity contribution in [1.82, 2.24) is 18.7 Å². The third-order valence-electron chi connectivity index (χ3n) is 4.01. The summed E-state index contributed by atoms with van der Waals surface area (Å²) >= 11 is 0. The monoisotopic (exact) mass is 341 g/mol. The van der Waals surface area contributed by atoms with E-state index in [2.05, 4.69) is 10.3 Å². The van der Waals surface area contributed by atoms with Crippen LogP contribution in [0.25, 0.3) is 11.2 Å². The molecule has 2 N–H and O–H groups in total. The second-order valence-electron chi connectivity index (χ2n) is 5.45. The van der Waals surface area contributed by atoms with Gasteiger partial charge in [-0.3, -0.25) is 22.7 Å². The quantitative estimate of drug-likeness (QED) is 0.694. The van der Waals surface area contributed by atoms with E-state index >= 15 is 0 Å². The van der Waals surface area contributed by atoms with Gasteiger partial charge in [0.2, 0.25) is 5.95 Å². The molecule has 1 aliphatic heterocycles. The number of nitrogens with one attached hydrogen (secondary N) is 1. The molecule has 0 bridgehead atoms. The maximum atomic E-state index is 12.7. The molecule has 0 aromatic carbocycles. The smallest absolute Gasteiger partial charge is 0.332 e. The standard InChI is InChI=1S/C13H19N5O4S/c1-3-17-11(20)9-10(16(2)13(17)21)15-12(14-4-5-19)18(9)8-6-23(22)7-8/h8,19H,3-7H2,1-2H3,(H,14,15). The molecular formula is C13H19N5O4S. The molecule has 1 saturated heterocycles. The van der Waals surface area contributed by atoms with Gasteiger partial charge in [0.15, 0.2) is 11.2 Å². The number of aliphatic hydroxyl groups excluding tert-OH is 1. The summed E-state index contributed by atoms with van der Waals surface area (Å²) in [5.74, 6) is 1.32. The topological polar surface area (TPSA) is 111 Å². The van der Waals surface area contributed by atoms with Gasteiger partial charge in [0.25, 0.3) is 5.56 Å². The maximum Gasteiger partial charge on any atom is 0.332 e. The van der Waals surface area contributed by atoms with Crippen molar-refractivity contribution in [2.75, 3.05) is 30.0 Å². The van der Waals surface area contributed by atoms with Crippen LogP contribution < -0.4 is 16.6 Å². The summed E-state index contributed by atoms with van der Waals surface area (Å²) < 4.78 is 15.7. The van der Waals surface area contributed by atoms with Gasteiger partial charge in [-0.25, -0.2) is 4.79 Å². The Morgan fingerprint density at radius 3 is 2.65 bits per heavy atom. The first-order chi connectivity index (χ1) is 11.0. The van der Waals surface area contributed by atoms with Gasteiger partial charge < -0.3 is 10.4 Å². The van der Waals surface area contributed by atoms with Crippen molar-refractivity contribution < 1.29 is 9.32 Å². The normalized spacial score (nSPS) is 20.7. The van der Waals surface area contributed by atoms with Gasteiger partial charge in [-0.05, 0) is 6.92 Å². The SMILES string of the molecule is CCn1c(=O)c2c(nc(NCCO)n2C2CS(=O)C2)n(C)c1=O. The van der Waals surface area contributed by atoms with Gasteiger partial charge in [0.1, 0.15) is 0 Å². The zero-order valence-electron chi connectivity index (χ0n) is 13.0. The summed E-state index contributed by atoms with van der Waals surface area (Å²) in [7, 11) is 0.682. The Kier molecular flexibility index (Phi) is 4.11. The summed E-state index contributed by atoms with van der Waals surface area (Å²) in [6.45, 7) is 2.19. The molecule has 1 fully saturated rings. The Balaban J connectivity index is 2.31. The van der Waals surface area contributed by atoms with Gasteiger partial charge in [-0.15, -0.1) is 0 Å². The van der Waals surface area contributed by atoms with Gasteiger partial charge in [-0.1, -0.05) is 0 Å². The largest absolute Gasteiger partial charge is 0.395 e. The van der Waals surface area contributed by atoms with Crippen molar-refractivity contribution in [2.45, 2.75) is 19.5 Å². The van der Waals surface area contributed by atoms with E-state index in [0.29, 0.717) is 28.6 Å². The van der Waals surface area contributed by atoms with Gasteiger partial charge >= 0.3 is 5.69 Å². The fourth-order valence-electron chi connectivity index (χ4n) is 2.80. The van der Waals surface area contributed by atoms with Gasteiger partial charge in [0, 0.05) is 42.4 Å². The van der Waals surface area contributed by atoms with E-state index in [1.54, 1.807) is 18.5 Å². The van der Waals surface area contributed by atoms with E-state index in [1.807, 2.05) is 0 Å². The first kappa shape index (κ1) is 15.9. The second-order valence-corrected chi connectivity index (χ2v) is 6.99. The molecule has 10 heteroatoms. The fourth-order valence-corrected chi connectivity index (χ4v) is 3.85. The van der Waals surface area contributed by atoms with Crippen LogP contribution in [0.5, 0.6) is 0 Å². The third-order valence-corrected chi connectivity index (χ3v) is 5.52. The number of aliphatic hydroxyl groups is 1. The highest BCUT2D eigenvalue weighted by Crippen LogP contribution is 2.28. The predicted octanol–water partition coefficient (Wildman–Crippen LogP) is -1.38. The van der Waals surface area contributed by atoms with Gasteiger partial charge in [-0.2, -0.15) is 4.98 Å². The summed E-state index contributed by atoms with van der Waals surface area (Å²) in [6, 6.07) is -0.0995. The van der Waals surface area contributed by atoms with Crippen molar-refractivity contribution in [3.63, 3.8) is 0 Å². The highest BCUT2D eigenvalue weighted by Gasteiger charge is 2.32. The molecule has 9 nitrogen and oxygen atoms in total. The highest BCUT2D eigenvalue weighted by atomic mass is 32.2. The maximum absolute atomic E-state index is 12.7. The lowest BCUT2D eigenvalue weighted by atomic mass is 10.3. The molecule has 1 aliphatic rings. The number of fused-ring (bicyclic) bond motifs is 1. The number of hydrogen-bond donors (Lipinski definition) is 2. The summed E-state index contributed by atoms with van der Waals surface area (Å²) in [5, 5.41) is 12.0. The van der Waals surface area contributed by atoms with Crippen molar-refractivity contribution in [1.29, 1.82) is 0 Å². The molecule has 126 valence electrons. The van der Waals surface area contributed by atoms with E-state index in [1.165, 1.54) is 4.57 Å². The minimum atomic E-state index is -0.890. The average Bonchev–Trinajstić information content (AvgIpc) is 2.87. The highest BCUT2D eigenvalue weighted by molar-refractivity contribution is 7.86. The van der Waals surface area contributed by atoms with E-state index < -0.39 is 22.0 Å². The van der Waals surface area contributed by atoms with Crippen LogP contribution in [0.4, 0.5) is 5.95 Å². The van der Waals surface area contributed by atoms with Gasteiger partial charge in [0.05, 0.1) is 12.6 Å². The fraction of sp³-hybridized carbons (Fsp3) is 0.615. The Hall–Kier alpha value is -1.94. The first-order valence-electron chi connectivity index (χ1n) is 7.41. The van der Waals surface area contributed by atoms with Crippen LogP contribution in [0.1, 0.15) is 13.0 Å². The van der Waals surface area contributed by atoms with Crippen LogP contribution >= 0.6 is 0 Å². The first-order valence-corrected chi connectivity index (χ1v) is 8.89. The Morgan fingerprint density at radius 2 is 2.09 bits per heavy atom. The van der Waals surface area contributed by atoms with Crippen molar-refractivity contribution in [3.8, 4) is 0 Å². The number of anilines is 1. The van der Waals surface area contributed by atoms with Crippen molar-refractivity contribution in [3.05, 3.63) is 20.8 Å². The molecule has 2 aromatic rings. The minimum absolute atomic E-state index is 0.0854. The van der Waals surface area contributed by atoms with E-state index in [-0.39, 0.29) is 25.7 Å².